The highest BCUT2D eigenvalue weighted by Crippen LogP contribution is 2.22. The molecule has 27 heavy (non-hydrogen) atoms. The van der Waals surface area contributed by atoms with Crippen LogP contribution in [0.3, 0.4) is 0 Å². The fourth-order valence-corrected chi connectivity index (χ4v) is 3.08. The molecule has 0 spiro atoms. The van der Waals surface area contributed by atoms with E-state index in [1.54, 1.807) is 24.3 Å². The normalized spacial score (nSPS) is 14.2. The van der Waals surface area contributed by atoms with Gasteiger partial charge in [-0.2, -0.15) is 0 Å². The number of benzene rings is 2. The van der Waals surface area contributed by atoms with Crippen molar-refractivity contribution in [1.82, 2.24) is 10.6 Å². The molecule has 1 saturated carbocycles. The first kappa shape index (κ1) is 18.8. The molecular weight excluding hydrogens is 342 g/mol. The molecule has 6 heteroatoms. The largest absolute Gasteiger partial charge is 0.457 e. The van der Waals surface area contributed by atoms with Gasteiger partial charge >= 0.3 is 6.03 Å². The predicted octanol–water partition coefficient (Wildman–Crippen LogP) is 4.05. The highest BCUT2D eigenvalue weighted by Gasteiger charge is 2.15. The number of para-hydroxylation sites is 1. The molecule has 2 aromatic rings. The third kappa shape index (κ3) is 6.33. The van der Waals surface area contributed by atoms with Crippen molar-refractivity contribution in [3.63, 3.8) is 0 Å². The standard InChI is InChI=1S/C21H25N3O3/c25-20(15-22-21(26)24-16-7-3-1-4-8-16)23-17-11-13-19(14-12-17)27-18-9-5-2-6-10-18/h2,5-6,9-14,16H,1,3-4,7-8,15H2,(H,23,25)(H2,22,24,26). The van der Waals surface area contributed by atoms with Gasteiger partial charge < -0.3 is 20.7 Å². The molecule has 1 fully saturated rings. The number of amides is 3. The van der Waals surface area contributed by atoms with E-state index in [1.165, 1.54) is 6.42 Å². The molecule has 2 aromatic carbocycles. The fourth-order valence-electron chi connectivity index (χ4n) is 3.08. The highest BCUT2D eigenvalue weighted by molar-refractivity contribution is 5.94. The zero-order valence-electron chi connectivity index (χ0n) is 15.2. The number of nitrogens with one attached hydrogen (secondary N) is 3. The van der Waals surface area contributed by atoms with Crippen molar-refractivity contribution in [2.24, 2.45) is 0 Å². The van der Waals surface area contributed by atoms with Crippen molar-refractivity contribution in [1.29, 1.82) is 0 Å². The second-order valence-corrected chi connectivity index (χ2v) is 6.65. The van der Waals surface area contributed by atoms with Crippen LogP contribution in [0.25, 0.3) is 0 Å². The van der Waals surface area contributed by atoms with Gasteiger partial charge in [-0.15, -0.1) is 0 Å². The first-order valence-electron chi connectivity index (χ1n) is 9.36. The molecule has 3 amide bonds. The average molecular weight is 367 g/mol. The van der Waals surface area contributed by atoms with E-state index >= 15 is 0 Å². The van der Waals surface area contributed by atoms with E-state index in [-0.39, 0.29) is 24.5 Å². The van der Waals surface area contributed by atoms with E-state index in [2.05, 4.69) is 16.0 Å². The summed E-state index contributed by atoms with van der Waals surface area (Å²) in [6.45, 7) is -0.0686. The summed E-state index contributed by atoms with van der Waals surface area (Å²) in [6, 6.07) is 16.5. The van der Waals surface area contributed by atoms with Crippen LogP contribution >= 0.6 is 0 Å². The van der Waals surface area contributed by atoms with Crippen LogP contribution in [0.2, 0.25) is 0 Å². The summed E-state index contributed by atoms with van der Waals surface area (Å²) < 4.78 is 5.71. The molecule has 0 saturated heterocycles. The van der Waals surface area contributed by atoms with E-state index in [4.69, 9.17) is 4.74 Å². The van der Waals surface area contributed by atoms with Gasteiger partial charge in [-0.3, -0.25) is 4.79 Å². The Labute approximate surface area is 159 Å². The summed E-state index contributed by atoms with van der Waals surface area (Å²) in [6.07, 6.45) is 5.55. The van der Waals surface area contributed by atoms with Crippen molar-refractivity contribution in [2.75, 3.05) is 11.9 Å². The Morgan fingerprint density at radius 1 is 0.889 bits per heavy atom. The summed E-state index contributed by atoms with van der Waals surface area (Å²) >= 11 is 0. The van der Waals surface area contributed by atoms with E-state index in [0.717, 1.165) is 31.4 Å². The summed E-state index contributed by atoms with van der Waals surface area (Å²) in [5.74, 6) is 1.16. The first-order chi connectivity index (χ1) is 13.2. The zero-order valence-corrected chi connectivity index (χ0v) is 15.2. The van der Waals surface area contributed by atoms with Crippen LogP contribution in [0, 0.1) is 0 Å². The molecule has 1 aliphatic carbocycles. The van der Waals surface area contributed by atoms with Crippen LogP contribution in [0.1, 0.15) is 32.1 Å². The van der Waals surface area contributed by atoms with Gasteiger partial charge in [0.15, 0.2) is 0 Å². The molecule has 142 valence electrons. The van der Waals surface area contributed by atoms with Crippen LogP contribution in [-0.4, -0.2) is 24.5 Å². The molecule has 0 heterocycles. The fraction of sp³-hybridized carbons (Fsp3) is 0.333. The maximum atomic E-state index is 12.0. The molecule has 0 bridgehead atoms. The second kappa shape index (κ2) is 9.62. The van der Waals surface area contributed by atoms with Gasteiger partial charge in [-0.25, -0.2) is 4.79 Å². The molecule has 6 nitrogen and oxygen atoms in total. The van der Waals surface area contributed by atoms with Crippen LogP contribution in [-0.2, 0) is 4.79 Å². The minimum atomic E-state index is -0.288. The molecule has 0 unspecified atom stereocenters. The molecule has 0 radical (unpaired) electrons. The maximum absolute atomic E-state index is 12.0. The molecule has 0 aliphatic heterocycles. The van der Waals surface area contributed by atoms with Crippen LogP contribution in [0.5, 0.6) is 11.5 Å². The van der Waals surface area contributed by atoms with Crippen molar-refractivity contribution in [2.45, 2.75) is 38.1 Å². The van der Waals surface area contributed by atoms with Gasteiger partial charge in [-0.1, -0.05) is 37.5 Å². The van der Waals surface area contributed by atoms with E-state index in [1.807, 2.05) is 30.3 Å². The van der Waals surface area contributed by atoms with Crippen LogP contribution < -0.4 is 20.7 Å². The summed E-state index contributed by atoms with van der Waals surface area (Å²) in [5, 5.41) is 8.28. The SMILES string of the molecule is O=C(CNC(=O)NC1CCCCC1)Nc1ccc(Oc2ccccc2)cc1. The van der Waals surface area contributed by atoms with Gasteiger partial charge in [0.1, 0.15) is 11.5 Å². The molecular formula is C21H25N3O3. The smallest absolute Gasteiger partial charge is 0.315 e. The molecule has 3 rings (SSSR count). The van der Waals surface area contributed by atoms with Crippen molar-refractivity contribution in [3.8, 4) is 11.5 Å². The van der Waals surface area contributed by atoms with Crippen molar-refractivity contribution < 1.29 is 14.3 Å². The lowest BCUT2D eigenvalue weighted by atomic mass is 9.96. The number of anilines is 1. The third-order valence-corrected chi connectivity index (χ3v) is 4.47. The van der Waals surface area contributed by atoms with E-state index < -0.39 is 0 Å². The number of urea groups is 1. The Hall–Kier alpha value is -3.02. The van der Waals surface area contributed by atoms with Gasteiger partial charge in [-0.05, 0) is 49.2 Å². The monoisotopic (exact) mass is 367 g/mol. The summed E-state index contributed by atoms with van der Waals surface area (Å²) in [4.78, 5) is 23.9. The van der Waals surface area contributed by atoms with Crippen LogP contribution in [0.4, 0.5) is 10.5 Å². The Morgan fingerprint density at radius 2 is 1.56 bits per heavy atom. The Balaban J connectivity index is 1.40. The molecule has 0 atom stereocenters. The average Bonchev–Trinajstić information content (AvgIpc) is 2.70. The summed E-state index contributed by atoms with van der Waals surface area (Å²) in [5.41, 5.74) is 0.648. The van der Waals surface area contributed by atoms with Crippen molar-refractivity contribution in [3.05, 3.63) is 54.6 Å². The quantitative estimate of drug-likeness (QED) is 0.721. The van der Waals surface area contributed by atoms with Gasteiger partial charge in [0.25, 0.3) is 0 Å². The molecule has 3 N–H and O–H groups in total. The topological polar surface area (TPSA) is 79.5 Å². The lowest BCUT2D eigenvalue weighted by molar-refractivity contribution is -0.115. The summed E-state index contributed by atoms with van der Waals surface area (Å²) in [7, 11) is 0. The Bertz CT molecular complexity index is 741. The number of carbonyl (C=O) groups is 2. The number of carbonyl (C=O) groups excluding carboxylic acids is 2. The van der Waals surface area contributed by atoms with Gasteiger partial charge in [0.2, 0.25) is 5.91 Å². The van der Waals surface area contributed by atoms with E-state index in [9.17, 15) is 9.59 Å². The predicted molar refractivity (Wildman–Crippen MR) is 105 cm³/mol. The number of hydrogen-bond acceptors (Lipinski definition) is 3. The Kier molecular flexibility index (Phi) is 6.68. The highest BCUT2D eigenvalue weighted by atomic mass is 16.5. The lowest BCUT2D eigenvalue weighted by Gasteiger charge is -2.22. The number of rotatable bonds is 6. The lowest BCUT2D eigenvalue weighted by Crippen LogP contribution is -2.45. The molecule has 0 aromatic heterocycles. The zero-order chi connectivity index (χ0) is 18.9. The van der Waals surface area contributed by atoms with Crippen LogP contribution in [0.15, 0.2) is 54.6 Å². The second-order valence-electron chi connectivity index (χ2n) is 6.65. The van der Waals surface area contributed by atoms with Crippen molar-refractivity contribution >= 4 is 17.6 Å². The number of ether oxygens (including phenoxy) is 1. The minimum absolute atomic E-state index is 0.0686. The van der Waals surface area contributed by atoms with E-state index in [0.29, 0.717) is 11.4 Å². The van der Waals surface area contributed by atoms with Gasteiger partial charge in [0.05, 0.1) is 6.54 Å². The minimum Gasteiger partial charge on any atom is -0.457 e. The maximum Gasteiger partial charge on any atom is 0.315 e. The van der Waals surface area contributed by atoms with Gasteiger partial charge in [0, 0.05) is 11.7 Å². The third-order valence-electron chi connectivity index (χ3n) is 4.47. The first-order valence-corrected chi connectivity index (χ1v) is 9.36. The number of hydrogen-bond donors (Lipinski definition) is 3. The molecule has 1 aliphatic rings. The Morgan fingerprint density at radius 3 is 2.26 bits per heavy atom.